The molecule has 0 unspecified atom stereocenters. The van der Waals surface area contributed by atoms with Gasteiger partial charge in [-0.2, -0.15) is 0 Å². The average Bonchev–Trinajstić information content (AvgIpc) is 3.37. The fourth-order valence-electron chi connectivity index (χ4n) is 4.10. The Kier molecular flexibility index (Phi) is 6.48. The Morgan fingerprint density at radius 3 is 2.82 bits per heavy atom. The fourth-order valence-corrected chi connectivity index (χ4v) is 4.91. The standard InChI is InChI=1S/C23H27N5O4S/c1-14(29)25-23-24-11-20(33-23)22(31)28-7-8-32-13-17(28)9-16-12-27(4)19-6-5-15(10-18(16)19)21(30)26(2)3/h5-6,10-12,17H,7-9,13H2,1-4H3,(H,24,25,29)/t17-/m0/s1. The van der Waals surface area contributed by atoms with Gasteiger partial charge in [0, 0.05) is 57.3 Å². The van der Waals surface area contributed by atoms with E-state index in [1.807, 2.05) is 40.9 Å². The van der Waals surface area contributed by atoms with Crippen LogP contribution in [0.1, 0.15) is 32.5 Å². The molecule has 3 heterocycles. The van der Waals surface area contributed by atoms with Crippen LogP contribution in [-0.4, -0.2) is 77.0 Å². The van der Waals surface area contributed by atoms with Crippen LogP contribution in [0.3, 0.4) is 0 Å². The Bertz CT molecular complexity index is 1210. The number of amides is 3. The number of carbonyl (C=O) groups excluding carboxylic acids is 3. The highest BCUT2D eigenvalue weighted by atomic mass is 32.1. The summed E-state index contributed by atoms with van der Waals surface area (Å²) in [6.45, 7) is 2.78. The van der Waals surface area contributed by atoms with Crippen LogP contribution in [0.5, 0.6) is 0 Å². The number of aromatic nitrogens is 2. The maximum atomic E-state index is 13.3. The largest absolute Gasteiger partial charge is 0.377 e. The molecule has 3 amide bonds. The van der Waals surface area contributed by atoms with Gasteiger partial charge < -0.3 is 24.4 Å². The normalized spacial score (nSPS) is 16.1. The number of morpholine rings is 1. The lowest BCUT2D eigenvalue weighted by Crippen LogP contribution is -2.49. The molecule has 1 saturated heterocycles. The van der Waals surface area contributed by atoms with E-state index < -0.39 is 0 Å². The Balaban J connectivity index is 1.60. The van der Waals surface area contributed by atoms with E-state index in [-0.39, 0.29) is 23.8 Å². The molecule has 1 fully saturated rings. The van der Waals surface area contributed by atoms with Gasteiger partial charge in [0.1, 0.15) is 4.88 Å². The number of hydrogen-bond acceptors (Lipinski definition) is 6. The lowest BCUT2D eigenvalue weighted by Gasteiger charge is -2.35. The predicted octanol–water partition coefficient (Wildman–Crippen LogP) is 2.38. The predicted molar refractivity (Wildman–Crippen MR) is 127 cm³/mol. The summed E-state index contributed by atoms with van der Waals surface area (Å²) in [5.74, 6) is -0.401. The SMILES string of the molecule is CC(=O)Nc1ncc(C(=O)N2CCOC[C@@H]2Cc2cn(C)c3ccc(C(=O)N(C)C)cc23)s1. The molecule has 1 aliphatic heterocycles. The molecule has 10 heteroatoms. The summed E-state index contributed by atoms with van der Waals surface area (Å²) in [5.41, 5.74) is 2.71. The summed E-state index contributed by atoms with van der Waals surface area (Å²) in [4.78, 5) is 45.0. The molecule has 2 aromatic heterocycles. The van der Waals surface area contributed by atoms with Crippen molar-refractivity contribution in [3.63, 3.8) is 0 Å². The maximum Gasteiger partial charge on any atom is 0.266 e. The van der Waals surface area contributed by atoms with E-state index in [0.29, 0.717) is 41.8 Å². The van der Waals surface area contributed by atoms with Gasteiger partial charge in [-0.15, -0.1) is 0 Å². The zero-order chi connectivity index (χ0) is 23.7. The van der Waals surface area contributed by atoms with E-state index >= 15 is 0 Å². The third-order valence-electron chi connectivity index (χ3n) is 5.67. The minimum Gasteiger partial charge on any atom is -0.377 e. The number of nitrogens with zero attached hydrogens (tertiary/aromatic N) is 4. The van der Waals surface area contributed by atoms with E-state index in [4.69, 9.17) is 4.74 Å². The lowest BCUT2D eigenvalue weighted by molar-refractivity contribution is -0.114. The maximum absolute atomic E-state index is 13.3. The zero-order valence-electron chi connectivity index (χ0n) is 19.1. The lowest BCUT2D eigenvalue weighted by atomic mass is 10.0. The van der Waals surface area contributed by atoms with Crippen LogP contribution in [0.4, 0.5) is 5.13 Å². The van der Waals surface area contributed by atoms with E-state index in [1.165, 1.54) is 13.1 Å². The molecule has 0 radical (unpaired) electrons. The fraction of sp³-hybridized carbons (Fsp3) is 0.391. The van der Waals surface area contributed by atoms with E-state index in [2.05, 4.69) is 10.3 Å². The number of aryl methyl sites for hydroxylation is 1. The van der Waals surface area contributed by atoms with Crippen molar-refractivity contribution in [2.75, 3.05) is 39.2 Å². The molecule has 0 bridgehead atoms. The van der Waals surface area contributed by atoms with Gasteiger partial charge in [0.15, 0.2) is 5.13 Å². The first-order valence-corrected chi connectivity index (χ1v) is 11.5. The van der Waals surface area contributed by atoms with Crippen molar-refractivity contribution in [2.45, 2.75) is 19.4 Å². The molecule has 9 nitrogen and oxygen atoms in total. The first-order valence-electron chi connectivity index (χ1n) is 10.7. The number of benzene rings is 1. The van der Waals surface area contributed by atoms with Gasteiger partial charge in [-0.3, -0.25) is 14.4 Å². The molecule has 4 rings (SSSR count). The van der Waals surface area contributed by atoms with Crippen molar-refractivity contribution < 1.29 is 19.1 Å². The number of fused-ring (bicyclic) bond motifs is 1. The molecular formula is C23H27N5O4S. The highest BCUT2D eigenvalue weighted by Crippen LogP contribution is 2.27. The third kappa shape index (κ3) is 4.76. The summed E-state index contributed by atoms with van der Waals surface area (Å²) < 4.78 is 7.75. The third-order valence-corrected chi connectivity index (χ3v) is 6.57. The van der Waals surface area contributed by atoms with Gasteiger partial charge in [-0.05, 0) is 30.2 Å². The van der Waals surface area contributed by atoms with Crippen molar-refractivity contribution in [1.82, 2.24) is 19.4 Å². The van der Waals surface area contributed by atoms with Crippen molar-refractivity contribution >= 4 is 45.1 Å². The Hall–Kier alpha value is -3.24. The van der Waals surface area contributed by atoms with Crippen LogP contribution in [0, 0.1) is 0 Å². The number of ether oxygens (including phenoxy) is 1. The number of thiazole rings is 1. The minimum absolute atomic E-state index is 0.0512. The number of anilines is 1. The van der Waals surface area contributed by atoms with Gasteiger partial charge in [0.25, 0.3) is 11.8 Å². The Labute approximate surface area is 195 Å². The Morgan fingerprint density at radius 1 is 1.30 bits per heavy atom. The van der Waals surface area contributed by atoms with E-state index in [1.54, 1.807) is 19.0 Å². The van der Waals surface area contributed by atoms with Crippen molar-refractivity contribution in [1.29, 1.82) is 0 Å². The molecule has 1 atom stereocenters. The number of rotatable bonds is 5. The summed E-state index contributed by atoms with van der Waals surface area (Å²) in [6, 6.07) is 5.56. The number of hydrogen-bond donors (Lipinski definition) is 1. The second-order valence-corrected chi connectivity index (χ2v) is 9.37. The second-order valence-electron chi connectivity index (χ2n) is 8.34. The van der Waals surface area contributed by atoms with Crippen LogP contribution in [0.15, 0.2) is 30.6 Å². The first kappa shape index (κ1) is 22.9. The van der Waals surface area contributed by atoms with Gasteiger partial charge >= 0.3 is 0 Å². The Morgan fingerprint density at radius 2 is 2.09 bits per heavy atom. The molecule has 0 aliphatic carbocycles. The van der Waals surface area contributed by atoms with Crippen molar-refractivity contribution in [2.24, 2.45) is 7.05 Å². The topological polar surface area (TPSA) is 96.8 Å². The highest BCUT2D eigenvalue weighted by molar-refractivity contribution is 7.17. The van der Waals surface area contributed by atoms with Crippen LogP contribution >= 0.6 is 11.3 Å². The summed E-state index contributed by atoms with van der Waals surface area (Å²) in [5, 5.41) is 4.02. The summed E-state index contributed by atoms with van der Waals surface area (Å²) in [6.07, 6.45) is 4.15. The quantitative estimate of drug-likeness (QED) is 0.619. The van der Waals surface area contributed by atoms with Gasteiger partial charge in [-0.1, -0.05) is 11.3 Å². The van der Waals surface area contributed by atoms with Gasteiger partial charge in [-0.25, -0.2) is 4.98 Å². The molecule has 0 saturated carbocycles. The molecule has 0 spiro atoms. The van der Waals surface area contributed by atoms with Crippen LogP contribution in [0.25, 0.3) is 10.9 Å². The molecule has 1 aromatic carbocycles. The molecule has 1 aliphatic rings. The van der Waals surface area contributed by atoms with Crippen LogP contribution in [-0.2, 0) is 23.0 Å². The molecule has 1 N–H and O–H groups in total. The number of nitrogens with one attached hydrogen (secondary N) is 1. The van der Waals surface area contributed by atoms with Gasteiger partial charge in [0.2, 0.25) is 5.91 Å². The minimum atomic E-state index is -0.226. The molecule has 33 heavy (non-hydrogen) atoms. The van der Waals surface area contributed by atoms with Crippen LogP contribution < -0.4 is 5.32 Å². The molecule has 3 aromatic rings. The molecule has 174 valence electrons. The first-order chi connectivity index (χ1) is 15.7. The molecular weight excluding hydrogens is 442 g/mol. The average molecular weight is 470 g/mol. The van der Waals surface area contributed by atoms with Gasteiger partial charge in [0.05, 0.1) is 25.5 Å². The second kappa shape index (κ2) is 9.32. The van der Waals surface area contributed by atoms with E-state index in [0.717, 1.165) is 27.8 Å². The monoisotopic (exact) mass is 469 g/mol. The zero-order valence-corrected chi connectivity index (χ0v) is 19.9. The van der Waals surface area contributed by atoms with Crippen molar-refractivity contribution in [3.05, 3.63) is 46.6 Å². The summed E-state index contributed by atoms with van der Waals surface area (Å²) >= 11 is 1.16. The van der Waals surface area contributed by atoms with E-state index in [9.17, 15) is 14.4 Å². The van der Waals surface area contributed by atoms with Crippen LogP contribution in [0.2, 0.25) is 0 Å². The number of carbonyl (C=O) groups is 3. The van der Waals surface area contributed by atoms with Crippen molar-refractivity contribution in [3.8, 4) is 0 Å². The smallest absolute Gasteiger partial charge is 0.266 e. The highest BCUT2D eigenvalue weighted by Gasteiger charge is 2.30. The summed E-state index contributed by atoms with van der Waals surface area (Å²) in [7, 11) is 5.44.